The summed E-state index contributed by atoms with van der Waals surface area (Å²) < 4.78 is 28.0. The Morgan fingerprint density at radius 1 is 1.32 bits per heavy atom. The molecule has 0 aromatic heterocycles. The molecule has 1 amide bonds. The van der Waals surface area contributed by atoms with Crippen LogP contribution in [0.4, 0.5) is 0 Å². The fourth-order valence-electron chi connectivity index (χ4n) is 3.23. The lowest BCUT2D eigenvalue weighted by atomic mass is 9.81. The summed E-state index contributed by atoms with van der Waals surface area (Å²) in [6.07, 6.45) is 2.06. The van der Waals surface area contributed by atoms with Gasteiger partial charge in [-0.05, 0) is 43.5 Å². The number of hydrogen-bond donors (Lipinski definition) is 2. The summed E-state index contributed by atoms with van der Waals surface area (Å²) in [6.45, 7) is 4.82. The van der Waals surface area contributed by atoms with Crippen LogP contribution in [0.5, 0.6) is 0 Å². The molecular weight excluding hydrogens is 340 g/mol. The lowest BCUT2D eigenvalue weighted by molar-refractivity contribution is -0.121. The highest BCUT2D eigenvalue weighted by Gasteiger charge is 2.31. The number of carbonyl (C=O) groups is 1. The van der Waals surface area contributed by atoms with Crippen molar-refractivity contribution in [1.82, 2.24) is 15.5 Å². The Kier molecular flexibility index (Phi) is 4.83. The van der Waals surface area contributed by atoms with Crippen LogP contribution in [-0.4, -0.2) is 58.3 Å². The maximum Gasteiger partial charge on any atom is 0.285 e. The van der Waals surface area contributed by atoms with Gasteiger partial charge in [-0.15, -0.1) is 4.40 Å². The molecule has 3 rings (SSSR count). The number of amidine groups is 1. The van der Waals surface area contributed by atoms with Gasteiger partial charge in [-0.25, -0.2) is 0 Å². The first-order valence-electron chi connectivity index (χ1n) is 8.44. The van der Waals surface area contributed by atoms with Gasteiger partial charge in [-0.2, -0.15) is 8.42 Å². The SMILES string of the molecule is CN(CC(=O)NCC1(C)CCNCC1)C1=NS(=O)(=O)c2ccccc21. The standard InChI is InChI=1S/C17H24N4O3S/c1-17(7-9-18-10-8-17)12-19-15(22)11-21(2)16-13-5-3-4-6-14(13)25(23,24)20-16/h3-6,18H,7-12H2,1-2H3,(H,19,22). The molecule has 136 valence electrons. The number of rotatable bonds is 4. The van der Waals surface area contributed by atoms with Crippen LogP contribution in [0.1, 0.15) is 25.3 Å². The van der Waals surface area contributed by atoms with E-state index in [0.29, 0.717) is 17.9 Å². The summed E-state index contributed by atoms with van der Waals surface area (Å²) in [5.41, 5.74) is 0.656. The number of piperidine rings is 1. The summed E-state index contributed by atoms with van der Waals surface area (Å²) in [5.74, 6) is 0.186. The van der Waals surface area contributed by atoms with E-state index < -0.39 is 10.0 Å². The van der Waals surface area contributed by atoms with Crippen molar-refractivity contribution in [3.63, 3.8) is 0 Å². The third kappa shape index (κ3) is 3.85. The number of nitrogens with zero attached hydrogens (tertiary/aromatic N) is 2. The van der Waals surface area contributed by atoms with Crippen molar-refractivity contribution in [3.8, 4) is 0 Å². The Morgan fingerprint density at radius 2 is 2.00 bits per heavy atom. The van der Waals surface area contributed by atoms with Crippen molar-refractivity contribution < 1.29 is 13.2 Å². The highest BCUT2D eigenvalue weighted by Crippen LogP contribution is 2.27. The second-order valence-electron chi connectivity index (χ2n) is 7.08. The minimum Gasteiger partial charge on any atom is -0.354 e. The van der Waals surface area contributed by atoms with Crippen LogP contribution in [0.25, 0.3) is 0 Å². The molecule has 0 unspecified atom stereocenters. The molecule has 1 aromatic carbocycles. The van der Waals surface area contributed by atoms with Crippen LogP contribution in [0, 0.1) is 5.41 Å². The Morgan fingerprint density at radius 3 is 2.72 bits per heavy atom. The lowest BCUT2D eigenvalue weighted by Crippen LogP contribution is -2.45. The molecule has 0 aliphatic carbocycles. The monoisotopic (exact) mass is 364 g/mol. The van der Waals surface area contributed by atoms with Gasteiger partial charge in [0.2, 0.25) is 5.91 Å². The molecule has 2 aliphatic heterocycles. The normalized spacial score (nSPS) is 20.5. The van der Waals surface area contributed by atoms with Crippen molar-refractivity contribution >= 4 is 21.8 Å². The summed E-state index contributed by atoms with van der Waals surface area (Å²) in [6, 6.07) is 6.68. The topological polar surface area (TPSA) is 90.9 Å². The van der Waals surface area contributed by atoms with Crippen LogP contribution in [-0.2, 0) is 14.8 Å². The molecule has 0 saturated carbocycles. The van der Waals surface area contributed by atoms with Crippen LogP contribution >= 0.6 is 0 Å². The molecule has 0 radical (unpaired) electrons. The zero-order valence-corrected chi connectivity index (χ0v) is 15.4. The van der Waals surface area contributed by atoms with Gasteiger partial charge >= 0.3 is 0 Å². The third-order valence-electron chi connectivity index (χ3n) is 4.88. The van der Waals surface area contributed by atoms with E-state index >= 15 is 0 Å². The van der Waals surface area contributed by atoms with Gasteiger partial charge in [-0.3, -0.25) is 4.79 Å². The Hall–Kier alpha value is -1.93. The van der Waals surface area contributed by atoms with E-state index in [9.17, 15) is 13.2 Å². The quantitative estimate of drug-likeness (QED) is 0.815. The van der Waals surface area contributed by atoms with E-state index in [-0.39, 0.29) is 22.8 Å². The van der Waals surface area contributed by atoms with Crippen molar-refractivity contribution in [2.24, 2.45) is 9.81 Å². The number of amides is 1. The number of fused-ring (bicyclic) bond motifs is 1. The molecule has 1 fully saturated rings. The molecule has 2 heterocycles. The maximum absolute atomic E-state index is 12.3. The van der Waals surface area contributed by atoms with Gasteiger partial charge in [0.05, 0.1) is 6.54 Å². The second kappa shape index (κ2) is 6.76. The van der Waals surface area contributed by atoms with Crippen LogP contribution in [0.2, 0.25) is 0 Å². The number of sulfonamides is 1. The molecule has 8 heteroatoms. The fourth-order valence-corrected chi connectivity index (χ4v) is 4.48. The summed E-state index contributed by atoms with van der Waals surface area (Å²) in [5, 5.41) is 6.30. The average molecular weight is 364 g/mol. The van der Waals surface area contributed by atoms with Gasteiger partial charge in [0.25, 0.3) is 10.0 Å². The number of carbonyl (C=O) groups excluding carboxylic acids is 1. The molecular formula is C17H24N4O3S. The lowest BCUT2D eigenvalue weighted by Gasteiger charge is -2.34. The van der Waals surface area contributed by atoms with Gasteiger partial charge in [0.15, 0.2) is 5.84 Å². The maximum atomic E-state index is 12.3. The predicted molar refractivity (Wildman–Crippen MR) is 96.0 cm³/mol. The fraction of sp³-hybridized carbons (Fsp3) is 0.529. The van der Waals surface area contributed by atoms with E-state index in [2.05, 4.69) is 22.0 Å². The molecule has 0 bridgehead atoms. The van der Waals surface area contributed by atoms with E-state index in [0.717, 1.165) is 25.9 Å². The molecule has 1 saturated heterocycles. The summed E-state index contributed by atoms with van der Waals surface area (Å²) in [4.78, 5) is 14.1. The van der Waals surface area contributed by atoms with Crippen LogP contribution in [0.15, 0.2) is 33.6 Å². The molecule has 0 atom stereocenters. The zero-order valence-electron chi connectivity index (χ0n) is 14.6. The van der Waals surface area contributed by atoms with Crippen molar-refractivity contribution in [1.29, 1.82) is 0 Å². The molecule has 1 aromatic rings. The minimum atomic E-state index is -3.67. The average Bonchev–Trinajstić information content (AvgIpc) is 2.86. The van der Waals surface area contributed by atoms with Crippen LogP contribution < -0.4 is 10.6 Å². The summed E-state index contributed by atoms with van der Waals surface area (Å²) in [7, 11) is -1.98. The first-order chi connectivity index (χ1) is 11.8. The molecule has 7 nitrogen and oxygen atoms in total. The summed E-state index contributed by atoms with van der Waals surface area (Å²) >= 11 is 0. The molecule has 25 heavy (non-hydrogen) atoms. The number of likely N-dealkylation sites (N-methyl/N-ethyl adjacent to an activating group) is 1. The van der Waals surface area contributed by atoms with E-state index in [4.69, 9.17) is 0 Å². The second-order valence-corrected chi connectivity index (χ2v) is 8.65. The number of benzene rings is 1. The smallest absolute Gasteiger partial charge is 0.285 e. The first-order valence-corrected chi connectivity index (χ1v) is 9.88. The van der Waals surface area contributed by atoms with Crippen molar-refractivity contribution in [2.45, 2.75) is 24.7 Å². The van der Waals surface area contributed by atoms with Gasteiger partial charge in [0, 0.05) is 19.2 Å². The number of hydrogen-bond acceptors (Lipinski definition) is 5. The Balaban J connectivity index is 1.63. The predicted octanol–water partition coefficient (Wildman–Crippen LogP) is 0.573. The Labute approximate surface area is 148 Å². The van der Waals surface area contributed by atoms with Crippen molar-refractivity contribution in [2.75, 3.05) is 33.2 Å². The zero-order chi connectivity index (χ0) is 18.1. The van der Waals surface area contributed by atoms with Gasteiger partial charge < -0.3 is 15.5 Å². The molecule has 2 aliphatic rings. The van der Waals surface area contributed by atoms with E-state index in [1.807, 2.05) is 0 Å². The largest absolute Gasteiger partial charge is 0.354 e. The third-order valence-corrected chi connectivity index (χ3v) is 6.20. The van der Waals surface area contributed by atoms with E-state index in [1.165, 1.54) is 6.07 Å². The molecule has 2 N–H and O–H groups in total. The van der Waals surface area contributed by atoms with Gasteiger partial charge in [0.1, 0.15) is 4.90 Å². The highest BCUT2D eigenvalue weighted by atomic mass is 32.2. The van der Waals surface area contributed by atoms with Crippen LogP contribution in [0.3, 0.4) is 0 Å². The molecule has 0 spiro atoms. The van der Waals surface area contributed by atoms with Crippen molar-refractivity contribution in [3.05, 3.63) is 29.8 Å². The minimum absolute atomic E-state index is 0.0665. The van der Waals surface area contributed by atoms with Gasteiger partial charge in [-0.1, -0.05) is 19.1 Å². The van der Waals surface area contributed by atoms with E-state index in [1.54, 1.807) is 30.1 Å². The first kappa shape index (κ1) is 17.9. The Bertz CT molecular complexity index is 798. The number of nitrogens with one attached hydrogen (secondary N) is 2. The highest BCUT2D eigenvalue weighted by molar-refractivity contribution is 7.90.